The number of nitrogens with one attached hydrogen (secondary N) is 1. The van der Waals surface area contributed by atoms with Crippen molar-refractivity contribution in [3.8, 4) is 0 Å². The van der Waals surface area contributed by atoms with Crippen LogP contribution in [0.25, 0.3) is 11.0 Å². The van der Waals surface area contributed by atoms with E-state index in [0.717, 1.165) is 12.1 Å². The number of nitrogens with zero attached hydrogens (tertiary/aromatic N) is 3. The molecule has 0 aliphatic rings. The molecule has 3 rings (SSSR count). The van der Waals surface area contributed by atoms with Gasteiger partial charge in [-0.05, 0) is 18.2 Å². The van der Waals surface area contributed by atoms with Crippen molar-refractivity contribution in [2.75, 3.05) is 0 Å². The van der Waals surface area contributed by atoms with Gasteiger partial charge in [-0.25, -0.2) is 13.8 Å². The molecule has 0 unspecified atom stereocenters. The molecular weight excluding hydrogens is 326 g/mol. The fraction of sp³-hybridized carbons (Fsp3) is 0.133. The highest BCUT2D eigenvalue weighted by Gasteiger charge is 2.12. The third-order valence-electron chi connectivity index (χ3n) is 3.36. The Morgan fingerprint density at radius 2 is 2.04 bits per heavy atom. The molecule has 0 saturated carbocycles. The lowest BCUT2D eigenvalue weighted by Gasteiger charge is -2.07. The van der Waals surface area contributed by atoms with Crippen LogP contribution < -0.4 is 5.32 Å². The molecule has 1 amide bonds. The Labute approximate surface area is 134 Å². The van der Waals surface area contributed by atoms with E-state index in [1.807, 2.05) is 0 Å². The predicted octanol–water partition coefficient (Wildman–Crippen LogP) is 2.83. The summed E-state index contributed by atoms with van der Waals surface area (Å²) >= 11 is 5.48. The second-order valence-electron chi connectivity index (χ2n) is 4.95. The van der Waals surface area contributed by atoms with Crippen molar-refractivity contribution in [1.82, 2.24) is 20.1 Å². The molecule has 5 nitrogen and oxygen atoms in total. The summed E-state index contributed by atoms with van der Waals surface area (Å²) in [7, 11) is 1.74. The summed E-state index contributed by atoms with van der Waals surface area (Å²) in [6.45, 7) is -0.163. The van der Waals surface area contributed by atoms with Gasteiger partial charge in [0.1, 0.15) is 11.6 Å². The Kier molecular flexibility index (Phi) is 3.96. The van der Waals surface area contributed by atoms with Crippen LogP contribution in [0.3, 0.4) is 0 Å². The first-order valence-corrected chi connectivity index (χ1v) is 7.03. The Hall–Kier alpha value is -2.54. The van der Waals surface area contributed by atoms with E-state index < -0.39 is 17.5 Å². The van der Waals surface area contributed by atoms with Crippen LogP contribution in [0.5, 0.6) is 0 Å². The maximum Gasteiger partial charge on any atom is 0.253 e. The van der Waals surface area contributed by atoms with E-state index in [9.17, 15) is 13.6 Å². The number of benzene rings is 1. The number of aromatic nitrogens is 3. The number of hydrogen-bond acceptors (Lipinski definition) is 3. The van der Waals surface area contributed by atoms with Crippen molar-refractivity contribution in [3.63, 3.8) is 0 Å². The minimum Gasteiger partial charge on any atom is -0.348 e. The second kappa shape index (κ2) is 5.92. The Balaban J connectivity index is 1.77. The van der Waals surface area contributed by atoms with Crippen molar-refractivity contribution < 1.29 is 13.6 Å². The normalized spacial score (nSPS) is 11.0. The molecule has 118 valence electrons. The van der Waals surface area contributed by atoms with Crippen molar-refractivity contribution in [2.45, 2.75) is 6.54 Å². The van der Waals surface area contributed by atoms with Crippen LogP contribution in [0.2, 0.25) is 5.02 Å². The van der Waals surface area contributed by atoms with Gasteiger partial charge in [-0.1, -0.05) is 11.6 Å². The SMILES string of the molecule is Cn1ncc2cc(C(=O)NCc3cc(F)c(Cl)cc3F)cnc21. The van der Waals surface area contributed by atoms with E-state index in [0.29, 0.717) is 16.6 Å². The molecule has 0 aliphatic carbocycles. The molecule has 0 radical (unpaired) electrons. The molecule has 23 heavy (non-hydrogen) atoms. The van der Waals surface area contributed by atoms with E-state index in [-0.39, 0.29) is 17.1 Å². The van der Waals surface area contributed by atoms with Crippen molar-refractivity contribution in [3.05, 3.63) is 58.4 Å². The third kappa shape index (κ3) is 3.00. The lowest BCUT2D eigenvalue weighted by molar-refractivity contribution is 0.0950. The summed E-state index contributed by atoms with van der Waals surface area (Å²) in [5.41, 5.74) is 0.961. The van der Waals surface area contributed by atoms with Gasteiger partial charge >= 0.3 is 0 Å². The highest BCUT2D eigenvalue weighted by atomic mass is 35.5. The fourth-order valence-electron chi connectivity index (χ4n) is 2.14. The summed E-state index contributed by atoms with van der Waals surface area (Å²) < 4.78 is 28.6. The zero-order valence-corrected chi connectivity index (χ0v) is 12.7. The molecule has 1 aromatic carbocycles. The quantitative estimate of drug-likeness (QED) is 0.748. The van der Waals surface area contributed by atoms with E-state index in [1.165, 1.54) is 6.20 Å². The predicted molar refractivity (Wildman–Crippen MR) is 81.0 cm³/mol. The van der Waals surface area contributed by atoms with Crippen LogP contribution in [-0.2, 0) is 13.6 Å². The number of carbonyl (C=O) groups is 1. The molecule has 0 atom stereocenters. The van der Waals surface area contributed by atoms with Gasteiger partial charge in [-0.2, -0.15) is 5.10 Å². The molecule has 2 aromatic heterocycles. The number of rotatable bonds is 3. The van der Waals surface area contributed by atoms with Crippen molar-refractivity contribution >= 4 is 28.5 Å². The smallest absolute Gasteiger partial charge is 0.253 e. The van der Waals surface area contributed by atoms with Gasteiger partial charge in [0.2, 0.25) is 0 Å². The first-order chi connectivity index (χ1) is 11.0. The fourth-order valence-corrected chi connectivity index (χ4v) is 2.29. The number of aryl methyl sites for hydroxylation is 1. The molecule has 0 aliphatic heterocycles. The average molecular weight is 337 g/mol. The summed E-state index contributed by atoms with van der Waals surface area (Å²) in [6.07, 6.45) is 2.99. The lowest BCUT2D eigenvalue weighted by Crippen LogP contribution is -2.23. The first-order valence-electron chi connectivity index (χ1n) is 6.65. The Bertz CT molecular complexity index is 910. The Morgan fingerprint density at radius 1 is 1.26 bits per heavy atom. The Morgan fingerprint density at radius 3 is 2.83 bits per heavy atom. The van der Waals surface area contributed by atoms with Crippen LogP contribution in [0.4, 0.5) is 8.78 Å². The van der Waals surface area contributed by atoms with Crippen LogP contribution in [0.15, 0.2) is 30.6 Å². The summed E-state index contributed by atoms with van der Waals surface area (Å²) in [4.78, 5) is 16.3. The minimum atomic E-state index is -0.740. The van der Waals surface area contributed by atoms with Crippen LogP contribution >= 0.6 is 11.6 Å². The van der Waals surface area contributed by atoms with E-state index >= 15 is 0 Å². The molecule has 3 aromatic rings. The monoisotopic (exact) mass is 336 g/mol. The van der Waals surface area contributed by atoms with Gasteiger partial charge in [-0.15, -0.1) is 0 Å². The zero-order chi connectivity index (χ0) is 16.6. The first kappa shape index (κ1) is 15.4. The van der Waals surface area contributed by atoms with E-state index in [1.54, 1.807) is 24.0 Å². The molecule has 0 saturated heterocycles. The van der Waals surface area contributed by atoms with Crippen LogP contribution in [0.1, 0.15) is 15.9 Å². The van der Waals surface area contributed by atoms with Crippen molar-refractivity contribution in [2.24, 2.45) is 7.05 Å². The van der Waals surface area contributed by atoms with Gasteiger partial charge in [0.25, 0.3) is 5.91 Å². The van der Waals surface area contributed by atoms with E-state index in [4.69, 9.17) is 11.6 Å². The number of amides is 1. The second-order valence-corrected chi connectivity index (χ2v) is 5.35. The lowest BCUT2D eigenvalue weighted by atomic mass is 10.2. The standard InChI is InChI=1S/C15H11ClF2N4O/c1-22-14-9(7-21-22)2-10(6-19-14)15(23)20-5-8-3-13(18)11(16)4-12(8)17/h2-4,6-7H,5H2,1H3,(H,20,23). The molecule has 1 N–H and O–H groups in total. The molecule has 2 heterocycles. The number of pyridine rings is 1. The zero-order valence-electron chi connectivity index (χ0n) is 12.0. The third-order valence-corrected chi connectivity index (χ3v) is 3.65. The topological polar surface area (TPSA) is 59.8 Å². The largest absolute Gasteiger partial charge is 0.348 e. The molecule has 0 fully saturated rings. The molecular formula is C15H11ClF2N4O. The number of carbonyl (C=O) groups excluding carboxylic acids is 1. The minimum absolute atomic E-state index is 0.00988. The van der Waals surface area contributed by atoms with Gasteiger partial charge in [-0.3, -0.25) is 9.48 Å². The van der Waals surface area contributed by atoms with Crippen LogP contribution in [0, 0.1) is 11.6 Å². The van der Waals surface area contributed by atoms with E-state index in [2.05, 4.69) is 15.4 Å². The molecule has 0 bridgehead atoms. The van der Waals surface area contributed by atoms with Crippen molar-refractivity contribution in [1.29, 1.82) is 0 Å². The number of fused-ring (bicyclic) bond motifs is 1. The van der Waals surface area contributed by atoms with Gasteiger partial charge in [0, 0.05) is 30.7 Å². The summed E-state index contributed by atoms with van der Waals surface area (Å²) in [6, 6.07) is 3.46. The summed E-state index contributed by atoms with van der Waals surface area (Å²) in [5.74, 6) is -1.87. The highest BCUT2D eigenvalue weighted by molar-refractivity contribution is 6.30. The van der Waals surface area contributed by atoms with Gasteiger partial charge in [0.05, 0.1) is 16.8 Å². The maximum atomic E-state index is 13.7. The van der Waals surface area contributed by atoms with Gasteiger partial charge in [0.15, 0.2) is 5.65 Å². The molecule has 0 spiro atoms. The van der Waals surface area contributed by atoms with Gasteiger partial charge < -0.3 is 5.32 Å². The number of halogens is 3. The summed E-state index contributed by atoms with van der Waals surface area (Å²) in [5, 5.41) is 6.97. The number of hydrogen-bond donors (Lipinski definition) is 1. The molecule has 8 heteroatoms. The van der Waals surface area contributed by atoms with Crippen LogP contribution in [-0.4, -0.2) is 20.7 Å². The highest BCUT2D eigenvalue weighted by Crippen LogP contribution is 2.19. The maximum absolute atomic E-state index is 13.7. The average Bonchev–Trinajstić information content (AvgIpc) is 2.90.